The standard InChI is InChI=1S/C17H18N2O/c1-11-9-14-15(10-12(11)2)19-17(18-14)16(20-3)13-7-5-4-6-8-13/h4-10,16H,1-3H3,(H,18,19). The molecule has 0 saturated heterocycles. The van der Waals surface area contributed by atoms with E-state index in [4.69, 9.17) is 4.74 Å². The number of hydrogen-bond acceptors (Lipinski definition) is 2. The monoisotopic (exact) mass is 266 g/mol. The van der Waals surface area contributed by atoms with Gasteiger partial charge in [-0.1, -0.05) is 30.3 Å². The molecule has 0 aliphatic carbocycles. The predicted molar refractivity (Wildman–Crippen MR) is 80.9 cm³/mol. The normalized spacial score (nSPS) is 12.8. The van der Waals surface area contributed by atoms with E-state index >= 15 is 0 Å². The van der Waals surface area contributed by atoms with E-state index in [1.54, 1.807) is 7.11 Å². The van der Waals surface area contributed by atoms with Gasteiger partial charge in [0.15, 0.2) is 0 Å². The molecule has 0 aliphatic heterocycles. The molecule has 1 atom stereocenters. The average Bonchev–Trinajstić information content (AvgIpc) is 2.84. The van der Waals surface area contributed by atoms with Crippen molar-refractivity contribution in [3.63, 3.8) is 0 Å². The first-order chi connectivity index (χ1) is 9.69. The second kappa shape index (κ2) is 5.10. The summed E-state index contributed by atoms with van der Waals surface area (Å²) < 4.78 is 5.62. The third kappa shape index (κ3) is 2.21. The molecule has 20 heavy (non-hydrogen) atoms. The maximum Gasteiger partial charge on any atom is 0.141 e. The van der Waals surface area contributed by atoms with Crippen molar-refractivity contribution in [3.05, 3.63) is 65.0 Å². The summed E-state index contributed by atoms with van der Waals surface area (Å²) in [5.41, 5.74) is 5.66. The SMILES string of the molecule is COC(c1ccccc1)c1nc2cc(C)c(C)cc2[nH]1. The molecule has 3 heteroatoms. The zero-order valence-electron chi connectivity index (χ0n) is 12.0. The number of methoxy groups -OCH3 is 1. The molecule has 3 aromatic rings. The van der Waals surface area contributed by atoms with Crippen molar-refractivity contribution in [1.82, 2.24) is 9.97 Å². The van der Waals surface area contributed by atoms with Crippen molar-refractivity contribution in [3.8, 4) is 0 Å². The van der Waals surface area contributed by atoms with E-state index < -0.39 is 0 Å². The van der Waals surface area contributed by atoms with Crippen LogP contribution in [0, 0.1) is 13.8 Å². The number of H-pyrrole nitrogens is 1. The lowest BCUT2D eigenvalue weighted by Gasteiger charge is -2.12. The van der Waals surface area contributed by atoms with Gasteiger partial charge in [-0.25, -0.2) is 4.98 Å². The molecule has 3 rings (SSSR count). The Labute approximate surface area is 118 Å². The zero-order chi connectivity index (χ0) is 14.1. The maximum atomic E-state index is 5.62. The quantitative estimate of drug-likeness (QED) is 0.780. The molecule has 0 aliphatic rings. The Bertz CT molecular complexity index is 692. The number of fused-ring (bicyclic) bond motifs is 1. The van der Waals surface area contributed by atoms with Gasteiger partial charge in [-0.3, -0.25) is 0 Å². The summed E-state index contributed by atoms with van der Waals surface area (Å²) in [7, 11) is 1.71. The number of aryl methyl sites for hydroxylation is 2. The van der Waals surface area contributed by atoms with Crippen molar-refractivity contribution in [2.75, 3.05) is 7.11 Å². The summed E-state index contributed by atoms with van der Waals surface area (Å²) in [5.74, 6) is 0.846. The Morgan fingerprint density at radius 3 is 2.45 bits per heavy atom. The highest BCUT2D eigenvalue weighted by atomic mass is 16.5. The minimum atomic E-state index is -0.163. The van der Waals surface area contributed by atoms with Crippen LogP contribution in [0.5, 0.6) is 0 Å². The number of aromatic amines is 1. The fourth-order valence-electron chi connectivity index (χ4n) is 2.45. The number of nitrogens with zero attached hydrogens (tertiary/aromatic N) is 1. The van der Waals surface area contributed by atoms with Crippen LogP contribution in [0.2, 0.25) is 0 Å². The first-order valence-electron chi connectivity index (χ1n) is 6.73. The van der Waals surface area contributed by atoms with Crippen LogP contribution in [0.15, 0.2) is 42.5 Å². The molecule has 0 amide bonds. The highest BCUT2D eigenvalue weighted by Gasteiger charge is 2.17. The van der Waals surface area contributed by atoms with E-state index in [2.05, 4.69) is 48.1 Å². The van der Waals surface area contributed by atoms with E-state index in [0.717, 1.165) is 22.4 Å². The molecule has 0 saturated carbocycles. The number of aromatic nitrogens is 2. The molecule has 1 heterocycles. The van der Waals surface area contributed by atoms with Crippen LogP contribution in [-0.2, 0) is 4.74 Å². The summed E-state index contributed by atoms with van der Waals surface area (Å²) in [6, 6.07) is 14.4. The van der Waals surface area contributed by atoms with Crippen LogP contribution in [0.3, 0.4) is 0 Å². The largest absolute Gasteiger partial charge is 0.369 e. The topological polar surface area (TPSA) is 37.9 Å². The van der Waals surface area contributed by atoms with Crippen molar-refractivity contribution in [2.45, 2.75) is 20.0 Å². The van der Waals surface area contributed by atoms with Gasteiger partial charge in [0.1, 0.15) is 11.9 Å². The lowest BCUT2D eigenvalue weighted by Crippen LogP contribution is -2.05. The lowest BCUT2D eigenvalue weighted by atomic mass is 10.1. The summed E-state index contributed by atoms with van der Waals surface area (Å²) >= 11 is 0. The molecule has 102 valence electrons. The molecular formula is C17H18N2O. The van der Waals surface area contributed by atoms with Gasteiger partial charge in [0, 0.05) is 7.11 Å². The zero-order valence-corrected chi connectivity index (χ0v) is 12.0. The van der Waals surface area contributed by atoms with Crippen LogP contribution < -0.4 is 0 Å². The summed E-state index contributed by atoms with van der Waals surface area (Å²) in [6.45, 7) is 4.22. The van der Waals surface area contributed by atoms with Crippen LogP contribution in [0.25, 0.3) is 11.0 Å². The summed E-state index contributed by atoms with van der Waals surface area (Å²) in [6.07, 6.45) is -0.163. The molecule has 2 aromatic carbocycles. The number of benzene rings is 2. The van der Waals surface area contributed by atoms with Crippen LogP contribution in [0.4, 0.5) is 0 Å². The summed E-state index contributed by atoms with van der Waals surface area (Å²) in [4.78, 5) is 8.06. The van der Waals surface area contributed by atoms with Crippen LogP contribution in [0.1, 0.15) is 28.6 Å². The minimum Gasteiger partial charge on any atom is -0.369 e. The van der Waals surface area contributed by atoms with Crippen LogP contribution in [-0.4, -0.2) is 17.1 Å². The molecular weight excluding hydrogens is 248 g/mol. The number of hydrogen-bond donors (Lipinski definition) is 1. The third-order valence-electron chi connectivity index (χ3n) is 3.70. The van der Waals surface area contributed by atoms with Crippen molar-refractivity contribution >= 4 is 11.0 Å². The number of ether oxygens (including phenoxy) is 1. The van der Waals surface area contributed by atoms with E-state index in [1.807, 2.05) is 18.2 Å². The second-order valence-corrected chi connectivity index (χ2v) is 5.10. The van der Waals surface area contributed by atoms with E-state index in [9.17, 15) is 0 Å². The predicted octanol–water partition coefficient (Wildman–Crippen LogP) is 3.92. The summed E-state index contributed by atoms with van der Waals surface area (Å²) in [5, 5.41) is 0. The van der Waals surface area contributed by atoms with Gasteiger partial charge in [-0.15, -0.1) is 0 Å². The van der Waals surface area contributed by atoms with Gasteiger partial charge >= 0.3 is 0 Å². The fraction of sp³-hybridized carbons (Fsp3) is 0.235. The Kier molecular flexibility index (Phi) is 3.28. The van der Waals surface area contributed by atoms with Gasteiger partial charge in [-0.2, -0.15) is 0 Å². The van der Waals surface area contributed by atoms with Crippen molar-refractivity contribution in [1.29, 1.82) is 0 Å². The first kappa shape index (κ1) is 12.9. The average molecular weight is 266 g/mol. The third-order valence-corrected chi connectivity index (χ3v) is 3.70. The Balaban J connectivity index is 2.09. The highest BCUT2D eigenvalue weighted by Crippen LogP contribution is 2.26. The minimum absolute atomic E-state index is 0.163. The molecule has 0 spiro atoms. The Morgan fingerprint density at radius 2 is 1.75 bits per heavy atom. The molecule has 0 fully saturated rings. The molecule has 0 bridgehead atoms. The number of rotatable bonds is 3. The highest BCUT2D eigenvalue weighted by molar-refractivity contribution is 5.77. The van der Waals surface area contributed by atoms with Gasteiger partial charge in [0.25, 0.3) is 0 Å². The van der Waals surface area contributed by atoms with Gasteiger partial charge < -0.3 is 9.72 Å². The smallest absolute Gasteiger partial charge is 0.141 e. The molecule has 1 unspecified atom stereocenters. The van der Waals surface area contributed by atoms with Gasteiger partial charge in [0.05, 0.1) is 11.0 Å². The molecule has 3 nitrogen and oxygen atoms in total. The van der Waals surface area contributed by atoms with Crippen molar-refractivity contribution < 1.29 is 4.74 Å². The first-order valence-corrected chi connectivity index (χ1v) is 6.73. The van der Waals surface area contributed by atoms with Gasteiger partial charge in [0.2, 0.25) is 0 Å². The second-order valence-electron chi connectivity index (χ2n) is 5.10. The maximum absolute atomic E-state index is 5.62. The number of nitrogens with one attached hydrogen (secondary N) is 1. The van der Waals surface area contributed by atoms with Gasteiger partial charge in [-0.05, 0) is 42.7 Å². The van der Waals surface area contributed by atoms with E-state index in [-0.39, 0.29) is 6.10 Å². The fourth-order valence-corrected chi connectivity index (χ4v) is 2.45. The number of imidazole rings is 1. The molecule has 0 radical (unpaired) electrons. The Hall–Kier alpha value is -2.13. The lowest BCUT2D eigenvalue weighted by molar-refractivity contribution is 0.130. The Morgan fingerprint density at radius 1 is 1.05 bits per heavy atom. The van der Waals surface area contributed by atoms with Crippen molar-refractivity contribution in [2.24, 2.45) is 0 Å². The molecule has 1 N–H and O–H groups in total. The molecule has 1 aromatic heterocycles. The van der Waals surface area contributed by atoms with E-state index in [0.29, 0.717) is 0 Å². The van der Waals surface area contributed by atoms with E-state index in [1.165, 1.54) is 11.1 Å². The van der Waals surface area contributed by atoms with Crippen LogP contribution >= 0.6 is 0 Å².